The summed E-state index contributed by atoms with van der Waals surface area (Å²) in [5.74, 6) is -1.45. The van der Waals surface area contributed by atoms with Crippen molar-refractivity contribution in [1.82, 2.24) is 5.32 Å². The molecule has 1 heterocycles. The van der Waals surface area contributed by atoms with E-state index in [2.05, 4.69) is 10.6 Å². The molecule has 5 heteroatoms. The van der Waals surface area contributed by atoms with Crippen molar-refractivity contribution in [2.75, 3.05) is 11.9 Å². The van der Waals surface area contributed by atoms with Gasteiger partial charge in [-0.15, -0.1) is 0 Å². The molecule has 1 fully saturated rings. The molecule has 0 radical (unpaired) electrons. The molecule has 2 rings (SSSR count). The van der Waals surface area contributed by atoms with Crippen molar-refractivity contribution in [2.45, 2.75) is 32.2 Å². The lowest BCUT2D eigenvalue weighted by Crippen LogP contribution is -2.43. The first-order chi connectivity index (χ1) is 8.58. The molecule has 2 N–H and O–H groups in total. The first kappa shape index (κ1) is 13.0. The van der Waals surface area contributed by atoms with E-state index in [1.54, 1.807) is 0 Å². The summed E-state index contributed by atoms with van der Waals surface area (Å²) < 4.78 is 26.9. The number of benzene rings is 1. The van der Waals surface area contributed by atoms with Crippen LogP contribution >= 0.6 is 0 Å². The molecule has 1 aromatic carbocycles. The number of anilines is 1. The highest BCUT2D eigenvalue weighted by Gasteiger charge is 2.21. The molecule has 0 aliphatic carbocycles. The summed E-state index contributed by atoms with van der Waals surface area (Å²) in [6.07, 6.45) is 2.73. The molecule has 0 saturated carbocycles. The number of piperidine rings is 1. The minimum absolute atomic E-state index is 0.101. The zero-order valence-electron chi connectivity index (χ0n) is 10.2. The lowest BCUT2D eigenvalue weighted by molar-refractivity contribution is -0.118. The smallest absolute Gasteiger partial charge is 0.241 e. The highest BCUT2D eigenvalue weighted by atomic mass is 19.1. The molecule has 0 aromatic heterocycles. The third-order valence-corrected chi connectivity index (χ3v) is 3.13. The van der Waals surface area contributed by atoms with Crippen molar-refractivity contribution < 1.29 is 13.6 Å². The second-order valence-corrected chi connectivity index (χ2v) is 4.57. The van der Waals surface area contributed by atoms with Gasteiger partial charge in [0.25, 0.3) is 0 Å². The molecular formula is C13H16F2N2O. The largest absolute Gasteiger partial charge is 0.322 e. The molecule has 98 valence electrons. The Hall–Kier alpha value is -1.49. The molecule has 1 aliphatic rings. The number of halogens is 2. The van der Waals surface area contributed by atoms with Gasteiger partial charge in [-0.25, -0.2) is 8.78 Å². The Morgan fingerprint density at radius 1 is 1.33 bits per heavy atom. The summed E-state index contributed by atoms with van der Waals surface area (Å²) >= 11 is 0. The lowest BCUT2D eigenvalue weighted by Gasteiger charge is -2.22. The predicted octanol–water partition coefficient (Wildman–Crippen LogP) is 2.35. The van der Waals surface area contributed by atoms with Gasteiger partial charge < -0.3 is 10.6 Å². The van der Waals surface area contributed by atoms with Crippen molar-refractivity contribution in [1.29, 1.82) is 0 Å². The average Bonchev–Trinajstić information content (AvgIpc) is 2.37. The molecule has 1 aromatic rings. The number of nitrogens with one attached hydrogen (secondary N) is 2. The van der Waals surface area contributed by atoms with E-state index in [0.717, 1.165) is 37.9 Å². The maximum Gasteiger partial charge on any atom is 0.241 e. The van der Waals surface area contributed by atoms with E-state index >= 15 is 0 Å². The van der Waals surface area contributed by atoms with Crippen LogP contribution in [-0.2, 0) is 4.79 Å². The van der Waals surface area contributed by atoms with Crippen LogP contribution < -0.4 is 10.6 Å². The number of hydrogen-bond donors (Lipinski definition) is 2. The quantitative estimate of drug-likeness (QED) is 0.850. The van der Waals surface area contributed by atoms with Gasteiger partial charge in [0.2, 0.25) is 5.91 Å². The average molecular weight is 254 g/mol. The summed E-state index contributed by atoms with van der Waals surface area (Å²) in [4.78, 5) is 11.9. The fourth-order valence-corrected chi connectivity index (χ4v) is 2.04. The second kappa shape index (κ2) is 5.44. The Kier molecular flexibility index (Phi) is 3.91. The Morgan fingerprint density at radius 3 is 2.78 bits per heavy atom. The van der Waals surface area contributed by atoms with Gasteiger partial charge in [0.1, 0.15) is 11.6 Å². The number of hydrogen-bond acceptors (Lipinski definition) is 2. The van der Waals surface area contributed by atoms with Crippen molar-refractivity contribution in [3.05, 3.63) is 29.3 Å². The third-order valence-electron chi connectivity index (χ3n) is 3.13. The molecule has 0 unspecified atom stereocenters. The summed E-state index contributed by atoms with van der Waals surface area (Å²) in [7, 11) is 0. The van der Waals surface area contributed by atoms with Crippen LogP contribution in [0.2, 0.25) is 0 Å². The number of carbonyl (C=O) groups excluding carboxylic acids is 1. The zero-order chi connectivity index (χ0) is 13.1. The van der Waals surface area contributed by atoms with Gasteiger partial charge >= 0.3 is 0 Å². The van der Waals surface area contributed by atoms with Crippen LogP contribution in [0.15, 0.2) is 12.1 Å². The van der Waals surface area contributed by atoms with Gasteiger partial charge in [-0.1, -0.05) is 6.42 Å². The van der Waals surface area contributed by atoms with Crippen LogP contribution in [0.4, 0.5) is 14.5 Å². The first-order valence-corrected chi connectivity index (χ1v) is 6.08. The molecule has 18 heavy (non-hydrogen) atoms. The van der Waals surface area contributed by atoms with E-state index < -0.39 is 11.6 Å². The van der Waals surface area contributed by atoms with Crippen molar-refractivity contribution in [3.8, 4) is 0 Å². The van der Waals surface area contributed by atoms with Gasteiger partial charge in [-0.05, 0) is 37.9 Å². The maximum absolute atomic E-state index is 13.6. The number of rotatable bonds is 2. The van der Waals surface area contributed by atoms with E-state index in [9.17, 15) is 13.6 Å². The fourth-order valence-electron chi connectivity index (χ4n) is 2.04. The Labute approximate surface area is 105 Å². The summed E-state index contributed by atoms with van der Waals surface area (Å²) in [5, 5.41) is 5.49. The van der Waals surface area contributed by atoms with Crippen LogP contribution in [0.5, 0.6) is 0 Å². The topological polar surface area (TPSA) is 41.1 Å². The van der Waals surface area contributed by atoms with Gasteiger partial charge in [0, 0.05) is 6.07 Å². The summed E-state index contributed by atoms with van der Waals surface area (Å²) in [6.45, 7) is 2.26. The molecule has 1 atom stereocenters. The SMILES string of the molecule is Cc1cc(F)c(NC(=O)[C@@H]2CCCCN2)cc1F. The van der Waals surface area contributed by atoms with E-state index in [1.165, 1.54) is 6.92 Å². The van der Waals surface area contributed by atoms with Gasteiger partial charge in [-0.2, -0.15) is 0 Å². The fraction of sp³-hybridized carbons (Fsp3) is 0.462. The van der Waals surface area contributed by atoms with E-state index in [0.29, 0.717) is 0 Å². The van der Waals surface area contributed by atoms with Crippen molar-refractivity contribution in [2.24, 2.45) is 0 Å². The number of aryl methyl sites for hydroxylation is 1. The lowest BCUT2D eigenvalue weighted by atomic mass is 10.0. The molecule has 0 bridgehead atoms. The minimum Gasteiger partial charge on any atom is -0.322 e. The Bertz CT molecular complexity index is 457. The minimum atomic E-state index is -0.613. The van der Waals surface area contributed by atoms with Crippen LogP contribution in [0, 0.1) is 18.6 Å². The monoisotopic (exact) mass is 254 g/mol. The number of carbonyl (C=O) groups is 1. The van der Waals surface area contributed by atoms with E-state index in [-0.39, 0.29) is 23.2 Å². The molecule has 1 aliphatic heterocycles. The van der Waals surface area contributed by atoms with E-state index in [4.69, 9.17) is 0 Å². The van der Waals surface area contributed by atoms with Crippen molar-refractivity contribution in [3.63, 3.8) is 0 Å². The maximum atomic E-state index is 13.6. The second-order valence-electron chi connectivity index (χ2n) is 4.57. The molecule has 1 saturated heterocycles. The first-order valence-electron chi connectivity index (χ1n) is 6.08. The molecular weight excluding hydrogens is 238 g/mol. The van der Waals surface area contributed by atoms with Crippen LogP contribution in [-0.4, -0.2) is 18.5 Å². The van der Waals surface area contributed by atoms with E-state index in [1.807, 2.05) is 0 Å². The van der Waals surface area contributed by atoms with Gasteiger partial charge in [0.15, 0.2) is 0 Å². The van der Waals surface area contributed by atoms with Crippen LogP contribution in [0.25, 0.3) is 0 Å². The number of amides is 1. The molecule has 1 amide bonds. The van der Waals surface area contributed by atoms with Gasteiger partial charge in [0.05, 0.1) is 11.7 Å². The zero-order valence-corrected chi connectivity index (χ0v) is 10.2. The van der Waals surface area contributed by atoms with Crippen LogP contribution in [0.3, 0.4) is 0 Å². The Balaban J connectivity index is 2.08. The Morgan fingerprint density at radius 2 is 2.11 bits per heavy atom. The van der Waals surface area contributed by atoms with Gasteiger partial charge in [-0.3, -0.25) is 4.79 Å². The molecule has 0 spiro atoms. The highest BCUT2D eigenvalue weighted by molar-refractivity contribution is 5.95. The normalized spacial score (nSPS) is 19.6. The van der Waals surface area contributed by atoms with Crippen LogP contribution in [0.1, 0.15) is 24.8 Å². The third kappa shape index (κ3) is 2.85. The van der Waals surface area contributed by atoms with Crippen molar-refractivity contribution >= 4 is 11.6 Å². The molecule has 3 nitrogen and oxygen atoms in total. The highest BCUT2D eigenvalue weighted by Crippen LogP contribution is 2.19. The predicted molar refractivity (Wildman–Crippen MR) is 65.4 cm³/mol. The standard InChI is InChI=1S/C13H16F2N2O/c1-8-6-10(15)12(7-9(8)14)17-13(18)11-4-2-3-5-16-11/h6-7,11,16H,2-5H2,1H3,(H,17,18)/t11-/m0/s1. The summed E-state index contributed by atoms with van der Waals surface area (Å²) in [6, 6.07) is 1.78. The summed E-state index contributed by atoms with van der Waals surface area (Å²) in [5.41, 5.74) is 0.122.